The average Bonchev–Trinajstić information content (AvgIpc) is 3.19. The zero-order chi connectivity index (χ0) is 20.6. The Hall–Kier alpha value is -2.87. The lowest BCUT2D eigenvalue weighted by molar-refractivity contribution is -0.149. The third-order valence-corrected chi connectivity index (χ3v) is 4.82. The summed E-state index contributed by atoms with van der Waals surface area (Å²) in [6.45, 7) is 7.40. The van der Waals surface area contributed by atoms with Gasteiger partial charge in [-0.15, -0.1) is 0 Å². The Morgan fingerprint density at radius 3 is 2.72 bits per heavy atom. The van der Waals surface area contributed by atoms with Crippen LogP contribution in [-0.2, 0) is 14.3 Å². The SMILES string of the molecule is C=C1Nc2ncnn2[C@@H](c2ccc(OCCCCC)cc2)[C@@H]1C(=O)OCCOC. The average molecular weight is 400 g/mol. The van der Waals surface area contributed by atoms with E-state index < -0.39 is 12.0 Å². The number of benzene rings is 1. The second-order valence-electron chi connectivity index (χ2n) is 6.89. The van der Waals surface area contributed by atoms with Crippen molar-refractivity contribution in [3.63, 3.8) is 0 Å². The van der Waals surface area contributed by atoms with E-state index in [0.717, 1.165) is 30.6 Å². The summed E-state index contributed by atoms with van der Waals surface area (Å²) in [5.41, 5.74) is 1.42. The van der Waals surface area contributed by atoms with Crippen molar-refractivity contribution in [2.24, 2.45) is 5.92 Å². The lowest BCUT2D eigenvalue weighted by atomic mass is 9.89. The summed E-state index contributed by atoms with van der Waals surface area (Å²) in [6.07, 6.45) is 4.79. The third-order valence-electron chi connectivity index (χ3n) is 4.82. The van der Waals surface area contributed by atoms with Crippen molar-refractivity contribution in [3.05, 3.63) is 48.4 Å². The van der Waals surface area contributed by atoms with Gasteiger partial charge in [0.2, 0.25) is 5.95 Å². The first-order chi connectivity index (χ1) is 14.2. The first-order valence-electron chi connectivity index (χ1n) is 9.89. The van der Waals surface area contributed by atoms with E-state index >= 15 is 0 Å². The Morgan fingerprint density at radius 2 is 2.00 bits per heavy atom. The second kappa shape index (κ2) is 10.1. The van der Waals surface area contributed by atoms with Gasteiger partial charge in [0.1, 0.15) is 24.6 Å². The van der Waals surface area contributed by atoms with Crippen LogP contribution in [0.4, 0.5) is 5.95 Å². The number of carbonyl (C=O) groups excluding carboxylic acids is 1. The van der Waals surface area contributed by atoms with Gasteiger partial charge in [-0.05, 0) is 24.1 Å². The highest BCUT2D eigenvalue weighted by atomic mass is 16.6. The van der Waals surface area contributed by atoms with E-state index in [9.17, 15) is 4.79 Å². The summed E-state index contributed by atoms with van der Waals surface area (Å²) in [5.74, 6) is 0.319. The Bertz CT molecular complexity index is 818. The Balaban J connectivity index is 1.81. The number of hydrogen-bond acceptors (Lipinski definition) is 7. The second-order valence-corrected chi connectivity index (χ2v) is 6.89. The summed E-state index contributed by atoms with van der Waals surface area (Å²) < 4.78 is 17.8. The Kier molecular flexibility index (Phi) is 7.24. The van der Waals surface area contributed by atoms with Crippen molar-refractivity contribution in [1.82, 2.24) is 14.8 Å². The zero-order valence-corrected chi connectivity index (χ0v) is 17.0. The first kappa shape index (κ1) is 20.9. The Morgan fingerprint density at radius 1 is 1.21 bits per heavy atom. The quantitative estimate of drug-likeness (QED) is 0.484. The maximum Gasteiger partial charge on any atom is 0.317 e. The molecule has 0 radical (unpaired) electrons. The van der Waals surface area contributed by atoms with E-state index in [1.165, 1.54) is 6.33 Å². The van der Waals surface area contributed by atoms with Crippen LogP contribution in [0, 0.1) is 5.92 Å². The first-order valence-corrected chi connectivity index (χ1v) is 9.89. The molecule has 1 aromatic heterocycles. The number of ether oxygens (including phenoxy) is 3. The van der Waals surface area contributed by atoms with Crippen molar-refractivity contribution in [2.45, 2.75) is 32.2 Å². The molecular formula is C21H28N4O4. The normalized spacial score (nSPS) is 18.1. The Labute approximate surface area is 170 Å². The minimum absolute atomic E-state index is 0.181. The van der Waals surface area contributed by atoms with Gasteiger partial charge in [-0.1, -0.05) is 38.5 Å². The highest BCUT2D eigenvalue weighted by Gasteiger charge is 2.40. The summed E-state index contributed by atoms with van der Waals surface area (Å²) in [6, 6.07) is 7.30. The predicted octanol–water partition coefficient (Wildman–Crippen LogP) is 3.18. The summed E-state index contributed by atoms with van der Waals surface area (Å²) in [5, 5.41) is 7.36. The molecule has 1 aliphatic rings. The van der Waals surface area contributed by atoms with Gasteiger partial charge in [-0.2, -0.15) is 10.1 Å². The van der Waals surface area contributed by atoms with Gasteiger partial charge in [0, 0.05) is 12.8 Å². The van der Waals surface area contributed by atoms with Gasteiger partial charge >= 0.3 is 5.97 Å². The molecule has 2 atom stereocenters. The van der Waals surface area contributed by atoms with Crippen LogP contribution >= 0.6 is 0 Å². The highest BCUT2D eigenvalue weighted by molar-refractivity contribution is 5.79. The largest absolute Gasteiger partial charge is 0.494 e. The lowest BCUT2D eigenvalue weighted by Gasteiger charge is -2.33. The van der Waals surface area contributed by atoms with Crippen molar-refractivity contribution < 1.29 is 19.0 Å². The fourth-order valence-electron chi connectivity index (χ4n) is 3.32. The van der Waals surface area contributed by atoms with E-state index in [4.69, 9.17) is 14.2 Å². The summed E-state index contributed by atoms with van der Waals surface area (Å²) in [7, 11) is 1.56. The molecule has 0 amide bonds. The van der Waals surface area contributed by atoms with Gasteiger partial charge in [0.15, 0.2) is 0 Å². The number of rotatable bonds is 10. The summed E-state index contributed by atoms with van der Waals surface area (Å²) in [4.78, 5) is 17.0. The van der Waals surface area contributed by atoms with E-state index in [1.54, 1.807) is 11.8 Å². The number of nitrogens with one attached hydrogen (secondary N) is 1. The number of hydrogen-bond donors (Lipinski definition) is 1. The number of fused-ring (bicyclic) bond motifs is 1. The van der Waals surface area contributed by atoms with Crippen LogP contribution in [0.25, 0.3) is 0 Å². The molecule has 0 fully saturated rings. The molecule has 8 heteroatoms. The van der Waals surface area contributed by atoms with Crippen LogP contribution in [0.5, 0.6) is 5.75 Å². The van der Waals surface area contributed by atoms with Crippen LogP contribution in [0.2, 0.25) is 0 Å². The molecule has 1 aromatic carbocycles. The monoisotopic (exact) mass is 400 g/mol. The van der Waals surface area contributed by atoms with Gasteiger partial charge in [0.25, 0.3) is 0 Å². The molecule has 2 aromatic rings. The molecule has 2 heterocycles. The van der Waals surface area contributed by atoms with Gasteiger partial charge < -0.3 is 19.5 Å². The molecule has 156 valence electrons. The van der Waals surface area contributed by atoms with Gasteiger partial charge in [-0.25, -0.2) is 4.68 Å². The van der Waals surface area contributed by atoms with Crippen LogP contribution in [0.3, 0.4) is 0 Å². The minimum Gasteiger partial charge on any atom is -0.494 e. The summed E-state index contributed by atoms with van der Waals surface area (Å²) >= 11 is 0. The molecule has 1 N–H and O–H groups in total. The van der Waals surface area contributed by atoms with Crippen molar-refractivity contribution in [1.29, 1.82) is 0 Å². The standard InChI is InChI=1S/C21H28N4O4/c1-4-5-6-11-28-17-9-7-16(8-10-17)19-18(20(26)29-13-12-27-3)15(2)24-21-22-14-23-25(19)21/h7-10,14,18-19H,2,4-6,11-13H2,1,3H3,(H,22,23,24)/t18-,19+/m1/s1. The number of nitrogens with zero attached hydrogens (tertiary/aromatic N) is 3. The number of carbonyl (C=O) groups is 1. The maximum absolute atomic E-state index is 12.8. The van der Waals surface area contributed by atoms with Gasteiger partial charge in [-0.3, -0.25) is 4.79 Å². The molecule has 0 saturated heterocycles. The molecule has 0 aliphatic carbocycles. The number of esters is 1. The molecule has 3 rings (SSSR count). The predicted molar refractivity (Wildman–Crippen MR) is 109 cm³/mol. The molecular weight excluding hydrogens is 372 g/mol. The van der Waals surface area contributed by atoms with E-state index in [0.29, 0.717) is 24.9 Å². The van der Waals surface area contributed by atoms with Crippen LogP contribution < -0.4 is 10.1 Å². The molecule has 29 heavy (non-hydrogen) atoms. The molecule has 8 nitrogen and oxygen atoms in total. The van der Waals surface area contributed by atoms with Crippen LogP contribution in [0.1, 0.15) is 37.8 Å². The van der Waals surface area contributed by atoms with Crippen LogP contribution in [-0.4, -0.2) is 47.7 Å². The van der Waals surface area contributed by atoms with E-state index in [-0.39, 0.29) is 12.6 Å². The highest BCUT2D eigenvalue weighted by Crippen LogP contribution is 2.38. The number of methoxy groups -OCH3 is 1. The molecule has 0 saturated carbocycles. The molecule has 0 spiro atoms. The van der Waals surface area contributed by atoms with Gasteiger partial charge in [0.05, 0.1) is 19.3 Å². The fourth-order valence-corrected chi connectivity index (χ4v) is 3.32. The van der Waals surface area contributed by atoms with Crippen molar-refractivity contribution in [3.8, 4) is 5.75 Å². The number of unbranched alkanes of at least 4 members (excludes halogenated alkanes) is 2. The third kappa shape index (κ3) is 4.95. The fraction of sp³-hybridized carbons (Fsp3) is 0.476. The molecule has 0 bridgehead atoms. The smallest absolute Gasteiger partial charge is 0.317 e. The van der Waals surface area contributed by atoms with E-state index in [1.807, 2.05) is 24.3 Å². The number of aromatic nitrogens is 3. The van der Waals surface area contributed by atoms with Crippen molar-refractivity contribution in [2.75, 3.05) is 32.2 Å². The molecule has 1 aliphatic heterocycles. The van der Waals surface area contributed by atoms with Crippen molar-refractivity contribution >= 4 is 11.9 Å². The van der Waals surface area contributed by atoms with Crippen LogP contribution in [0.15, 0.2) is 42.9 Å². The topological polar surface area (TPSA) is 87.5 Å². The molecule has 0 unspecified atom stereocenters. The zero-order valence-electron chi connectivity index (χ0n) is 17.0. The lowest BCUT2D eigenvalue weighted by Crippen LogP contribution is -2.38. The number of anilines is 1. The minimum atomic E-state index is -0.641. The maximum atomic E-state index is 12.8. The van der Waals surface area contributed by atoms with E-state index in [2.05, 4.69) is 28.9 Å².